The summed E-state index contributed by atoms with van der Waals surface area (Å²) in [5.74, 6) is -0.343. The Bertz CT molecular complexity index is 759. The fourth-order valence-electron chi connectivity index (χ4n) is 2.63. The van der Waals surface area contributed by atoms with Gasteiger partial charge in [-0.3, -0.25) is 10.1 Å². The van der Waals surface area contributed by atoms with Crippen molar-refractivity contribution in [2.24, 2.45) is 0 Å². The van der Waals surface area contributed by atoms with Crippen molar-refractivity contribution < 1.29 is 9.59 Å². The summed E-state index contributed by atoms with van der Waals surface area (Å²) in [4.78, 5) is 35.6. The number of fused-ring (bicyclic) bond motifs is 1. The molecule has 0 radical (unpaired) electrons. The van der Waals surface area contributed by atoms with E-state index in [-0.39, 0.29) is 11.9 Å². The quantitative estimate of drug-likeness (QED) is 0.671. The largest absolute Gasteiger partial charge is 0.335 e. The van der Waals surface area contributed by atoms with Crippen LogP contribution in [0.1, 0.15) is 32.6 Å². The van der Waals surface area contributed by atoms with Crippen LogP contribution in [0.25, 0.3) is 11.2 Å². The fourth-order valence-corrected chi connectivity index (χ4v) is 3.77. The van der Waals surface area contributed by atoms with E-state index in [2.05, 4.69) is 41.5 Å². The number of pyridine rings is 1. The standard InChI is InChI=1S/C15H18BrN5O2S/c1-8(13(22)21-14(23)18-10-4-2-3-5-10)24-15-19-11-6-9(16)7-17-12(11)20-15/h6-8,10H,2-5H2,1H3,(H,17,19,20)(H2,18,21,22,23). The van der Waals surface area contributed by atoms with Gasteiger partial charge in [0.25, 0.3) is 0 Å². The normalized spacial score (nSPS) is 16.2. The predicted octanol–water partition coefficient (Wildman–Crippen LogP) is 2.97. The van der Waals surface area contributed by atoms with Crippen LogP contribution in [-0.2, 0) is 4.79 Å². The van der Waals surface area contributed by atoms with Crippen LogP contribution in [-0.4, -0.2) is 38.2 Å². The number of nitrogens with one attached hydrogen (secondary N) is 3. The fraction of sp³-hybridized carbons (Fsp3) is 0.467. The molecule has 3 rings (SSSR count). The first-order valence-corrected chi connectivity index (χ1v) is 9.48. The molecular weight excluding hydrogens is 394 g/mol. The molecule has 2 aromatic heterocycles. The number of nitrogens with zero attached hydrogens (tertiary/aromatic N) is 2. The maximum absolute atomic E-state index is 12.1. The number of amides is 3. The summed E-state index contributed by atoms with van der Waals surface area (Å²) in [5.41, 5.74) is 1.38. The van der Waals surface area contributed by atoms with Crippen LogP contribution in [0.15, 0.2) is 21.9 Å². The van der Waals surface area contributed by atoms with Gasteiger partial charge in [0.1, 0.15) is 0 Å². The van der Waals surface area contributed by atoms with Crippen molar-refractivity contribution in [3.05, 3.63) is 16.7 Å². The van der Waals surface area contributed by atoms with Gasteiger partial charge in [-0.2, -0.15) is 0 Å². The Labute approximate surface area is 151 Å². The van der Waals surface area contributed by atoms with Crippen molar-refractivity contribution in [2.45, 2.75) is 49.1 Å². The number of hydrogen-bond donors (Lipinski definition) is 3. The molecule has 9 heteroatoms. The highest BCUT2D eigenvalue weighted by atomic mass is 79.9. The van der Waals surface area contributed by atoms with Gasteiger partial charge < -0.3 is 10.3 Å². The molecule has 1 atom stereocenters. The molecule has 1 saturated carbocycles. The van der Waals surface area contributed by atoms with Crippen molar-refractivity contribution in [2.75, 3.05) is 0 Å². The van der Waals surface area contributed by atoms with Crippen molar-refractivity contribution in [3.63, 3.8) is 0 Å². The van der Waals surface area contributed by atoms with E-state index in [9.17, 15) is 9.59 Å². The van der Waals surface area contributed by atoms with Gasteiger partial charge in [0.15, 0.2) is 10.8 Å². The lowest BCUT2D eigenvalue weighted by atomic mass is 10.2. The first kappa shape index (κ1) is 17.2. The van der Waals surface area contributed by atoms with E-state index >= 15 is 0 Å². The molecule has 3 N–H and O–H groups in total. The van der Waals surface area contributed by atoms with E-state index in [0.717, 1.165) is 35.7 Å². The van der Waals surface area contributed by atoms with Crippen molar-refractivity contribution in [1.29, 1.82) is 0 Å². The lowest BCUT2D eigenvalue weighted by Crippen LogP contribution is -2.45. The maximum Gasteiger partial charge on any atom is 0.321 e. The first-order chi connectivity index (χ1) is 11.5. The molecular formula is C15H18BrN5O2S. The summed E-state index contributed by atoms with van der Waals surface area (Å²) in [5, 5.41) is 5.37. The van der Waals surface area contributed by atoms with E-state index in [4.69, 9.17) is 0 Å². The van der Waals surface area contributed by atoms with Crippen molar-refractivity contribution in [1.82, 2.24) is 25.6 Å². The van der Waals surface area contributed by atoms with Crippen LogP contribution in [0.3, 0.4) is 0 Å². The molecule has 0 spiro atoms. The number of carbonyl (C=O) groups excluding carboxylic acids is 2. The zero-order chi connectivity index (χ0) is 17.1. The summed E-state index contributed by atoms with van der Waals surface area (Å²) in [7, 11) is 0. The highest BCUT2D eigenvalue weighted by Gasteiger charge is 2.22. The van der Waals surface area contributed by atoms with Gasteiger partial charge in [0, 0.05) is 16.7 Å². The molecule has 1 aliphatic carbocycles. The van der Waals surface area contributed by atoms with Gasteiger partial charge in [-0.1, -0.05) is 24.6 Å². The van der Waals surface area contributed by atoms with E-state index in [0.29, 0.717) is 10.8 Å². The summed E-state index contributed by atoms with van der Waals surface area (Å²) < 4.78 is 0.851. The summed E-state index contributed by atoms with van der Waals surface area (Å²) in [6, 6.07) is 1.63. The molecule has 24 heavy (non-hydrogen) atoms. The average molecular weight is 412 g/mol. The Hall–Kier alpha value is -1.61. The minimum Gasteiger partial charge on any atom is -0.335 e. The number of carbonyl (C=O) groups is 2. The second kappa shape index (κ2) is 7.52. The topological polar surface area (TPSA) is 99.8 Å². The van der Waals surface area contributed by atoms with Gasteiger partial charge >= 0.3 is 6.03 Å². The van der Waals surface area contributed by atoms with Crippen LogP contribution < -0.4 is 10.6 Å². The number of halogens is 1. The van der Waals surface area contributed by atoms with Crippen LogP contribution in [0, 0.1) is 0 Å². The van der Waals surface area contributed by atoms with Gasteiger partial charge in [-0.15, -0.1) is 0 Å². The Balaban J connectivity index is 1.55. The third-order valence-electron chi connectivity index (χ3n) is 3.87. The second-order valence-electron chi connectivity index (χ2n) is 5.77. The third-order valence-corrected chi connectivity index (χ3v) is 5.29. The molecule has 0 aromatic carbocycles. The Morgan fingerprint density at radius 1 is 1.42 bits per heavy atom. The number of imidazole rings is 1. The zero-order valence-electron chi connectivity index (χ0n) is 13.1. The number of rotatable bonds is 4. The van der Waals surface area contributed by atoms with Crippen molar-refractivity contribution in [3.8, 4) is 0 Å². The highest BCUT2D eigenvalue weighted by Crippen LogP contribution is 2.24. The Morgan fingerprint density at radius 2 is 2.17 bits per heavy atom. The lowest BCUT2D eigenvalue weighted by molar-refractivity contribution is -0.119. The highest BCUT2D eigenvalue weighted by molar-refractivity contribution is 9.10. The molecule has 2 heterocycles. The number of hydrogen-bond acceptors (Lipinski definition) is 5. The van der Waals surface area contributed by atoms with Gasteiger partial charge in [-0.05, 0) is 41.8 Å². The van der Waals surface area contributed by atoms with Crippen LogP contribution in [0.2, 0.25) is 0 Å². The molecule has 0 bridgehead atoms. The molecule has 7 nitrogen and oxygen atoms in total. The Kier molecular flexibility index (Phi) is 5.40. The Morgan fingerprint density at radius 3 is 2.92 bits per heavy atom. The summed E-state index contributed by atoms with van der Waals surface area (Å²) >= 11 is 4.61. The molecule has 128 valence electrons. The van der Waals surface area contributed by atoms with Crippen LogP contribution in [0.4, 0.5) is 4.79 Å². The van der Waals surface area contributed by atoms with Gasteiger partial charge in [-0.25, -0.2) is 14.8 Å². The molecule has 2 aromatic rings. The minimum atomic E-state index is -0.455. The van der Waals surface area contributed by atoms with E-state index < -0.39 is 11.3 Å². The SMILES string of the molecule is CC(Sc1nc2ncc(Br)cc2[nH]1)C(=O)NC(=O)NC1CCCC1. The molecule has 0 saturated heterocycles. The molecule has 1 aliphatic rings. The van der Waals surface area contributed by atoms with E-state index in [1.807, 2.05) is 6.07 Å². The van der Waals surface area contributed by atoms with E-state index in [1.165, 1.54) is 11.8 Å². The summed E-state index contributed by atoms with van der Waals surface area (Å²) in [6.45, 7) is 1.74. The average Bonchev–Trinajstić information content (AvgIpc) is 3.15. The summed E-state index contributed by atoms with van der Waals surface area (Å²) in [6.07, 6.45) is 5.88. The smallest absolute Gasteiger partial charge is 0.321 e. The predicted molar refractivity (Wildman–Crippen MR) is 95.8 cm³/mol. The number of urea groups is 1. The lowest BCUT2D eigenvalue weighted by Gasteiger charge is -2.14. The number of aromatic nitrogens is 3. The number of thioether (sulfide) groups is 1. The number of aromatic amines is 1. The molecule has 1 unspecified atom stereocenters. The minimum absolute atomic E-state index is 0.181. The first-order valence-electron chi connectivity index (χ1n) is 7.80. The molecule has 3 amide bonds. The molecule has 0 aliphatic heterocycles. The zero-order valence-corrected chi connectivity index (χ0v) is 15.5. The van der Waals surface area contributed by atoms with E-state index in [1.54, 1.807) is 13.1 Å². The van der Waals surface area contributed by atoms with Crippen molar-refractivity contribution >= 4 is 50.8 Å². The van der Waals surface area contributed by atoms with Gasteiger partial charge in [0.2, 0.25) is 5.91 Å². The second-order valence-corrected chi connectivity index (χ2v) is 8.02. The number of H-pyrrole nitrogens is 1. The maximum atomic E-state index is 12.1. The number of imide groups is 1. The van der Waals surface area contributed by atoms with Gasteiger partial charge in [0.05, 0.1) is 10.8 Å². The monoisotopic (exact) mass is 411 g/mol. The van der Waals surface area contributed by atoms with Crippen LogP contribution in [0.5, 0.6) is 0 Å². The third kappa shape index (κ3) is 4.27. The van der Waals surface area contributed by atoms with Crippen LogP contribution >= 0.6 is 27.7 Å². The molecule has 1 fully saturated rings.